The van der Waals surface area contributed by atoms with E-state index >= 15 is 0 Å². The lowest BCUT2D eigenvalue weighted by Gasteiger charge is -2.34. The Balaban J connectivity index is 1.34. The Morgan fingerprint density at radius 3 is 2.50 bits per heavy atom. The van der Waals surface area contributed by atoms with Crippen molar-refractivity contribution in [2.75, 3.05) is 19.6 Å². The van der Waals surface area contributed by atoms with Crippen LogP contribution < -0.4 is 0 Å². The van der Waals surface area contributed by atoms with Crippen LogP contribution in [0.3, 0.4) is 0 Å². The smallest absolute Gasteiger partial charge is 0.410 e. The number of carbonyl (C=O) groups is 1. The molecular formula is C25H33N3O2. The highest BCUT2D eigenvalue weighted by atomic mass is 16.6. The van der Waals surface area contributed by atoms with E-state index in [9.17, 15) is 4.79 Å². The summed E-state index contributed by atoms with van der Waals surface area (Å²) in [5, 5.41) is 0. The van der Waals surface area contributed by atoms with Gasteiger partial charge in [0.05, 0.1) is 0 Å². The zero-order valence-electron chi connectivity index (χ0n) is 18.4. The monoisotopic (exact) mass is 407 g/mol. The third-order valence-corrected chi connectivity index (χ3v) is 5.96. The van der Waals surface area contributed by atoms with Gasteiger partial charge in [0.15, 0.2) is 0 Å². The average molecular weight is 408 g/mol. The van der Waals surface area contributed by atoms with Crippen LogP contribution in [0.15, 0.2) is 42.5 Å². The van der Waals surface area contributed by atoms with Crippen molar-refractivity contribution in [3.8, 4) is 0 Å². The molecule has 2 aliphatic rings. The minimum Gasteiger partial charge on any atom is -0.444 e. The summed E-state index contributed by atoms with van der Waals surface area (Å²) < 4.78 is 5.51. The van der Waals surface area contributed by atoms with E-state index in [1.165, 1.54) is 22.5 Å². The highest BCUT2D eigenvalue weighted by Gasteiger charge is 2.28. The molecule has 0 spiro atoms. The van der Waals surface area contributed by atoms with Crippen molar-refractivity contribution in [3.63, 3.8) is 0 Å². The van der Waals surface area contributed by atoms with E-state index in [1.807, 2.05) is 25.7 Å². The van der Waals surface area contributed by atoms with Gasteiger partial charge in [-0.25, -0.2) is 4.79 Å². The fourth-order valence-corrected chi connectivity index (χ4v) is 4.38. The van der Waals surface area contributed by atoms with Crippen LogP contribution in [0.5, 0.6) is 0 Å². The van der Waals surface area contributed by atoms with Gasteiger partial charge in [0.25, 0.3) is 0 Å². The van der Waals surface area contributed by atoms with Gasteiger partial charge in [-0.1, -0.05) is 36.4 Å². The van der Waals surface area contributed by atoms with Gasteiger partial charge in [0, 0.05) is 56.5 Å². The maximum absolute atomic E-state index is 12.3. The highest BCUT2D eigenvalue weighted by Crippen LogP contribution is 2.29. The topological polar surface area (TPSA) is 45.7 Å². The molecule has 4 rings (SSSR count). The molecule has 1 saturated heterocycles. The molecule has 160 valence electrons. The van der Waals surface area contributed by atoms with Crippen LogP contribution in [0.25, 0.3) is 0 Å². The lowest BCUT2D eigenvalue weighted by atomic mass is 9.92. The van der Waals surface area contributed by atoms with Crippen LogP contribution in [-0.4, -0.2) is 46.1 Å². The Morgan fingerprint density at radius 1 is 1.07 bits per heavy atom. The standard InChI is InChI=1S/C25H33N3O2/c1-25(2,3)30-24(29)28-15-11-20(12-16-28)22-10-9-21-18-27(14-13-23(21)26-22)17-19-7-5-4-6-8-19/h4-10,20H,11-18H2,1-3H3. The first kappa shape index (κ1) is 20.9. The minimum absolute atomic E-state index is 0.196. The fraction of sp³-hybridized carbons (Fsp3) is 0.520. The summed E-state index contributed by atoms with van der Waals surface area (Å²) in [6.07, 6.45) is 2.71. The molecule has 3 heterocycles. The number of piperidine rings is 1. The van der Waals surface area contributed by atoms with Crippen LogP contribution in [0.2, 0.25) is 0 Å². The first-order chi connectivity index (χ1) is 14.4. The van der Waals surface area contributed by atoms with Crippen LogP contribution in [0.4, 0.5) is 4.79 Å². The van der Waals surface area contributed by atoms with Gasteiger partial charge < -0.3 is 9.64 Å². The predicted molar refractivity (Wildman–Crippen MR) is 118 cm³/mol. The van der Waals surface area contributed by atoms with E-state index in [-0.39, 0.29) is 6.09 Å². The van der Waals surface area contributed by atoms with Crippen LogP contribution in [-0.2, 0) is 24.2 Å². The van der Waals surface area contributed by atoms with E-state index in [1.54, 1.807) is 0 Å². The number of ether oxygens (including phenoxy) is 1. The molecule has 0 saturated carbocycles. The summed E-state index contributed by atoms with van der Waals surface area (Å²) in [4.78, 5) is 21.7. The molecule has 0 aliphatic carbocycles. The van der Waals surface area contributed by atoms with E-state index in [0.717, 1.165) is 52.0 Å². The second-order valence-corrected chi connectivity index (χ2v) is 9.53. The number of aromatic nitrogens is 1. The van der Waals surface area contributed by atoms with Gasteiger partial charge in [-0.2, -0.15) is 0 Å². The third-order valence-electron chi connectivity index (χ3n) is 5.96. The Bertz CT molecular complexity index is 868. The number of rotatable bonds is 3. The second-order valence-electron chi connectivity index (χ2n) is 9.53. The van der Waals surface area contributed by atoms with E-state index in [2.05, 4.69) is 47.4 Å². The number of hydrogen-bond acceptors (Lipinski definition) is 4. The number of carbonyl (C=O) groups excluding carboxylic acids is 1. The fourth-order valence-electron chi connectivity index (χ4n) is 4.38. The maximum Gasteiger partial charge on any atom is 0.410 e. The van der Waals surface area contributed by atoms with E-state index in [0.29, 0.717) is 5.92 Å². The molecule has 1 aromatic carbocycles. The Hall–Kier alpha value is -2.40. The summed E-state index contributed by atoms with van der Waals surface area (Å²) in [5.74, 6) is 0.427. The van der Waals surface area contributed by atoms with Crippen molar-refractivity contribution in [2.45, 2.75) is 64.6 Å². The molecule has 1 fully saturated rings. The van der Waals surface area contributed by atoms with Gasteiger partial charge in [-0.05, 0) is 50.8 Å². The minimum atomic E-state index is -0.442. The molecule has 0 unspecified atom stereocenters. The summed E-state index contributed by atoms with van der Waals surface area (Å²) >= 11 is 0. The number of benzene rings is 1. The first-order valence-electron chi connectivity index (χ1n) is 11.1. The third kappa shape index (κ3) is 5.20. The van der Waals surface area contributed by atoms with Gasteiger partial charge in [-0.15, -0.1) is 0 Å². The highest BCUT2D eigenvalue weighted by molar-refractivity contribution is 5.68. The Kier molecular flexibility index (Phi) is 6.09. The number of fused-ring (bicyclic) bond motifs is 1. The number of nitrogens with zero attached hydrogens (tertiary/aromatic N) is 3. The van der Waals surface area contributed by atoms with Crippen LogP contribution >= 0.6 is 0 Å². The zero-order valence-corrected chi connectivity index (χ0v) is 18.4. The van der Waals surface area contributed by atoms with Crippen molar-refractivity contribution in [3.05, 3.63) is 65.0 Å². The number of likely N-dealkylation sites (tertiary alicyclic amines) is 1. The number of amides is 1. The Morgan fingerprint density at radius 2 is 1.80 bits per heavy atom. The van der Waals surface area contributed by atoms with E-state index < -0.39 is 5.60 Å². The molecule has 0 N–H and O–H groups in total. The molecular weight excluding hydrogens is 374 g/mol. The number of pyridine rings is 1. The van der Waals surface area contributed by atoms with E-state index in [4.69, 9.17) is 9.72 Å². The van der Waals surface area contributed by atoms with Crippen molar-refractivity contribution >= 4 is 6.09 Å². The molecule has 5 heteroatoms. The largest absolute Gasteiger partial charge is 0.444 e. The van der Waals surface area contributed by atoms with Gasteiger partial charge in [0.1, 0.15) is 5.60 Å². The number of hydrogen-bond donors (Lipinski definition) is 0. The molecule has 30 heavy (non-hydrogen) atoms. The molecule has 2 aliphatic heterocycles. The first-order valence-corrected chi connectivity index (χ1v) is 11.1. The molecule has 1 amide bonds. The molecule has 5 nitrogen and oxygen atoms in total. The predicted octanol–water partition coefficient (Wildman–Crippen LogP) is 4.75. The second kappa shape index (κ2) is 8.76. The van der Waals surface area contributed by atoms with Crippen LogP contribution in [0, 0.1) is 0 Å². The summed E-state index contributed by atoms with van der Waals surface area (Å²) in [5.41, 5.74) is 4.72. The molecule has 0 bridgehead atoms. The quantitative estimate of drug-likeness (QED) is 0.736. The summed E-state index contributed by atoms with van der Waals surface area (Å²) in [6.45, 7) is 10.2. The molecule has 1 aromatic heterocycles. The van der Waals surface area contributed by atoms with Crippen LogP contribution in [0.1, 0.15) is 62.0 Å². The lowest BCUT2D eigenvalue weighted by molar-refractivity contribution is 0.0204. The summed E-state index contributed by atoms with van der Waals surface area (Å²) in [7, 11) is 0. The lowest BCUT2D eigenvalue weighted by Crippen LogP contribution is -2.41. The van der Waals surface area contributed by atoms with Crippen molar-refractivity contribution in [2.24, 2.45) is 0 Å². The van der Waals surface area contributed by atoms with Gasteiger partial charge in [0.2, 0.25) is 0 Å². The normalized spacial score (nSPS) is 18.2. The SMILES string of the molecule is CC(C)(C)OC(=O)N1CCC(c2ccc3c(n2)CCN(Cc2ccccc2)C3)CC1. The molecule has 2 aromatic rings. The van der Waals surface area contributed by atoms with Crippen molar-refractivity contribution in [1.29, 1.82) is 0 Å². The zero-order chi connectivity index (χ0) is 21.1. The summed E-state index contributed by atoms with van der Waals surface area (Å²) in [6, 6.07) is 15.2. The van der Waals surface area contributed by atoms with Gasteiger partial charge >= 0.3 is 6.09 Å². The van der Waals surface area contributed by atoms with Crippen molar-refractivity contribution in [1.82, 2.24) is 14.8 Å². The maximum atomic E-state index is 12.3. The molecule has 0 atom stereocenters. The Labute approximate surface area is 180 Å². The van der Waals surface area contributed by atoms with Gasteiger partial charge in [-0.3, -0.25) is 9.88 Å². The molecule has 0 radical (unpaired) electrons. The van der Waals surface area contributed by atoms with Crippen molar-refractivity contribution < 1.29 is 9.53 Å². The average Bonchev–Trinajstić information content (AvgIpc) is 2.73.